The summed E-state index contributed by atoms with van der Waals surface area (Å²) in [5, 5.41) is 15.6. The summed E-state index contributed by atoms with van der Waals surface area (Å²) < 4.78 is 0. The maximum Gasteiger partial charge on any atom is 0.0761 e. The number of hydrogen-bond donors (Lipinski definition) is 2. The zero-order chi connectivity index (χ0) is 15.8. The maximum absolute atomic E-state index is 10.8. The average Bonchev–Trinajstić information content (AvgIpc) is 3.14. The molecule has 0 bridgehead atoms. The molecule has 1 aliphatic rings. The van der Waals surface area contributed by atoms with Crippen molar-refractivity contribution in [3.63, 3.8) is 0 Å². The van der Waals surface area contributed by atoms with Gasteiger partial charge in [0.15, 0.2) is 0 Å². The van der Waals surface area contributed by atoms with Crippen LogP contribution in [0.3, 0.4) is 0 Å². The van der Waals surface area contributed by atoms with Gasteiger partial charge in [-0.05, 0) is 51.9 Å². The Balaban J connectivity index is 1.87. The summed E-state index contributed by atoms with van der Waals surface area (Å²) in [6, 6.07) is 18.6. The molecule has 0 saturated heterocycles. The molecule has 1 saturated carbocycles. The maximum atomic E-state index is 10.8. The van der Waals surface area contributed by atoms with Gasteiger partial charge < -0.3 is 10.8 Å². The summed E-state index contributed by atoms with van der Waals surface area (Å²) in [6.07, 6.45) is 4.17. The lowest BCUT2D eigenvalue weighted by atomic mass is 9.87. The molecule has 0 heterocycles. The lowest BCUT2D eigenvalue weighted by Crippen LogP contribution is -2.32. The van der Waals surface area contributed by atoms with Gasteiger partial charge in [-0.15, -0.1) is 0 Å². The lowest BCUT2D eigenvalue weighted by molar-refractivity contribution is 0.0850. The molecule has 0 spiro atoms. The monoisotopic (exact) mass is 305 g/mol. The first-order valence-corrected chi connectivity index (χ1v) is 8.60. The minimum absolute atomic E-state index is 0.326. The third kappa shape index (κ3) is 2.52. The number of rotatable bonds is 3. The molecule has 3 aromatic carbocycles. The molecular formula is C21H23NO. The van der Waals surface area contributed by atoms with Crippen LogP contribution in [-0.2, 0) is 0 Å². The first-order chi connectivity index (χ1) is 11.3. The van der Waals surface area contributed by atoms with Crippen LogP contribution in [0.15, 0.2) is 54.6 Å². The molecule has 2 heteroatoms. The van der Waals surface area contributed by atoms with Crippen molar-refractivity contribution in [1.82, 2.24) is 0 Å². The van der Waals surface area contributed by atoms with Crippen LogP contribution in [0.2, 0.25) is 0 Å². The van der Waals surface area contributed by atoms with E-state index < -0.39 is 6.10 Å². The van der Waals surface area contributed by atoms with E-state index >= 15 is 0 Å². The molecule has 1 fully saturated rings. The largest absolute Gasteiger partial charge is 0.391 e. The van der Waals surface area contributed by atoms with E-state index in [1.165, 1.54) is 29.0 Å². The number of hydrogen-bond acceptors (Lipinski definition) is 2. The van der Waals surface area contributed by atoms with Gasteiger partial charge in [0.05, 0.1) is 12.1 Å². The predicted octanol–water partition coefficient (Wildman–Crippen LogP) is 4.54. The van der Waals surface area contributed by atoms with Gasteiger partial charge >= 0.3 is 0 Å². The summed E-state index contributed by atoms with van der Waals surface area (Å²) in [7, 11) is 0. The average molecular weight is 305 g/mol. The molecule has 1 aliphatic carbocycles. The van der Waals surface area contributed by atoms with E-state index in [0.29, 0.717) is 5.92 Å². The molecule has 2 atom stereocenters. The van der Waals surface area contributed by atoms with Crippen molar-refractivity contribution in [3.8, 4) is 0 Å². The van der Waals surface area contributed by atoms with E-state index in [1.807, 2.05) is 0 Å². The van der Waals surface area contributed by atoms with E-state index in [2.05, 4.69) is 54.6 Å². The Labute approximate surface area is 136 Å². The second-order valence-corrected chi connectivity index (χ2v) is 6.79. The van der Waals surface area contributed by atoms with E-state index in [-0.39, 0.29) is 6.04 Å². The fraction of sp³-hybridized carbons (Fsp3) is 0.333. The molecule has 118 valence electrons. The van der Waals surface area contributed by atoms with Gasteiger partial charge in [-0.3, -0.25) is 0 Å². The summed E-state index contributed by atoms with van der Waals surface area (Å²) in [5.74, 6) is 0.343. The Hall–Kier alpha value is -1.90. The summed E-state index contributed by atoms with van der Waals surface area (Å²) >= 11 is 0. The number of aliphatic hydroxyl groups excluding tert-OH is 1. The van der Waals surface area contributed by atoms with Crippen molar-refractivity contribution in [3.05, 3.63) is 60.2 Å². The first-order valence-electron chi connectivity index (χ1n) is 8.60. The molecule has 0 unspecified atom stereocenters. The second-order valence-electron chi connectivity index (χ2n) is 6.79. The molecule has 0 aliphatic heterocycles. The van der Waals surface area contributed by atoms with Crippen molar-refractivity contribution in [1.29, 1.82) is 0 Å². The van der Waals surface area contributed by atoms with E-state index in [4.69, 9.17) is 5.73 Å². The highest BCUT2D eigenvalue weighted by atomic mass is 16.3. The normalized spacial score (nSPS) is 18.5. The number of aliphatic hydroxyl groups is 1. The van der Waals surface area contributed by atoms with Gasteiger partial charge in [-0.25, -0.2) is 0 Å². The topological polar surface area (TPSA) is 46.2 Å². The minimum atomic E-state index is -0.456. The van der Waals surface area contributed by atoms with Crippen LogP contribution >= 0.6 is 0 Å². The van der Waals surface area contributed by atoms with Gasteiger partial charge in [0.2, 0.25) is 0 Å². The Morgan fingerprint density at radius 3 is 2.22 bits per heavy atom. The molecule has 3 N–H and O–H groups in total. The number of benzene rings is 3. The van der Waals surface area contributed by atoms with Crippen molar-refractivity contribution in [2.45, 2.75) is 37.8 Å². The van der Waals surface area contributed by atoms with Crippen LogP contribution in [-0.4, -0.2) is 11.2 Å². The summed E-state index contributed by atoms with van der Waals surface area (Å²) in [6.45, 7) is 0. The van der Waals surface area contributed by atoms with Crippen molar-refractivity contribution in [2.75, 3.05) is 0 Å². The zero-order valence-electron chi connectivity index (χ0n) is 13.3. The Morgan fingerprint density at radius 2 is 1.48 bits per heavy atom. The fourth-order valence-electron chi connectivity index (χ4n) is 4.14. The van der Waals surface area contributed by atoms with Crippen LogP contribution in [0.4, 0.5) is 0 Å². The zero-order valence-corrected chi connectivity index (χ0v) is 13.3. The smallest absolute Gasteiger partial charge is 0.0761 e. The third-order valence-corrected chi connectivity index (χ3v) is 5.41. The molecular weight excluding hydrogens is 282 g/mol. The van der Waals surface area contributed by atoms with Crippen LogP contribution in [0, 0.1) is 5.92 Å². The highest BCUT2D eigenvalue weighted by Gasteiger charge is 2.29. The first kappa shape index (κ1) is 14.7. The summed E-state index contributed by atoms with van der Waals surface area (Å²) in [5.41, 5.74) is 7.59. The van der Waals surface area contributed by atoms with Gasteiger partial charge in [-0.1, -0.05) is 61.4 Å². The Kier molecular flexibility index (Phi) is 3.80. The molecule has 0 amide bonds. The van der Waals surface area contributed by atoms with Crippen molar-refractivity contribution in [2.24, 2.45) is 11.7 Å². The highest BCUT2D eigenvalue weighted by Crippen LogP contribution is 2.36. The quantitative estimate of drug-likeness (QED) is 0.698. The fourth-order valence-corrected chi connectivity index (χ4v) is 4.14. The van der Waals surface area contributed by atoms with Crippen molar-refractivity contribution < 1.29 is 5.11 Å². The van der Waals surface area contributed by atoms with Gasteiger partial charge in [0.1, 0.15) is 0 Å². The lowest BCUT2D eigenvalue weighted by Gasteiger charge is -2.26. The summed E-state index contributed by atoms with van der Waals surface area (Å²) in [4.78, 5) is 0. The number of nitrogens with two attached hydrogens (primary N) is 1. The van der Waals surface area contributed by atoms with Gasteiger partial charge in [0, 0.05) is 0 Å². The van der Waals surface area contributed by atoms with Gasteiger partial charge in [-0.2, -0.15) is 0 Å². The van der Waals surface area contributed by atoms with Gasteiger partial charge in [0.25, 0.3) is 0 Å². The van der Waals surface area contributed by atoms with E-state index in [0.717, 1.165) is 23.8 Å². The van der Waals surface area contributed by atoms with E-state index in [9.17, 15) is 5.11 Å². The van der Waals surface area contributed by atoms with Crippen LogP contribution in [0.1, 0.15) is 37.3 Å². The molecule has 0 aromatic heterocycles. The Bertz CT molecular complexity index is 835. The molecule has 23 heavy (non-hydrogen) atoms. The van der Waals surface area contributed by atoms with Crippen LogP contribution in [0.5, 0.6) is 0 Å². The highest BCUT2D eigenvalue weighted by molar-refractivity contribution is 6.09. The van der Waals surface area contributed by atoms with Crippen LogP contribution in [0.25, 0.3) is 21.5 Å². The number of fused-ring (bicyclic) bond motifs is 3. The SMILES string of the molecule is N[C@H](c1cc2ccccc2c2ccccc12)[C@@H](O)C1CCCC1. The predicted molar refractivity (Wildman–Crippen MR) is 96.3 cm³/mol. The van der Waals surface area contributed by atoms with E-state index in [1.54, 1.807) is 0 Å². The Morgan fingerprint density at radius 1 is 0.870 bits per heavy atom. The standard InChI is InChI=1S/C21H23NO/c22-20(21(23)14-7-1-2-8-14)19-13-15-9-3-4-10-16(15)17-11-5-6-12-18(17)19/h3-6,9-14,20-21,23H,1-2,7-8,22H2/t20-,21+/m1/s1. The minimum Gasteiger partial charge on any atom is -0.391 e. The van der Waals surface area contributed by atoms with Crippen LogP contribution < -0.4 is 5.73 Å². The molecule has 4 rings (SSSR count). The molecule has 3 aromatic rings. The second kappa shape index (κ2) is 5.95. The van der Waals surface area contributed by atoms with Crippen molar-refractivity contribution >= 4 is 21.5 Å². The third-order valence-electron chi connectivity index (χ3n) is 5.41. The molecule has 2 nitrogen and oxygen atoms in total. The molecule has 0 radical (unpaired) electrons.